The second-order valence-corrected chi connectivity index (χ2v) is 13.5. The van der Waals surface area contributed by atoms with E-state index in [0.717, 1.165) is 19.2 Å². The third kappa shape index (κ3) is 5.84. The van der Waals surface area contributed by atoms with Gasteiger partial charge in [0, 0.05) is 36.4 Å². The molecule has 2 heterocycles. The predicted molar refractivity (Wildman–Crippen MR) is 171 cm³/mol. The van der Waals surface area contributed by atoms with Crippen molar-refractivity contribution in [3.8, 4) is 17.2 Å². The lowest BCUT2D eigenvalue weighted by molar-refractivity contribution is -0.304. The third-order valence-corrected chi connectivity index (χ3v) is 10.6. The number of phenolic OH excluding ortho intramolecular Hbond substituents is 3. The number of carbonyl (C=O) groups excluding carboxylic acids is 3. The number of carbonyl (C=O) groups is 3. The molecular weight excluding hydrogens is 658 g/mol. The van der Waals surface area contributed by atoms with Crippen molar-refractivity contribution < 1.29 is 68.7 Å². The fourth-order valence-electron chi connectivity index (χ4n) is 7.84. The van der Waals surface area contributed by atoms with Crippen LogP contribution in [0.1, 0.15) is 101 Å². The molecule has 2 aromatic rings. The summed E-state index contributed by atoms with van der Waals surface area (Å²) < 4.78 is 29.7. The summed E-state index contributed by atoms with van der Waals surface area (Å²) in [4.78, 5) is 40.9. The van der Waals surface area contributed by atoms with E-state index in [9.17, 15) is 45.0 Å². The van der Waals surface area contributed by atoms with Crippen LogP contribution in [-0.2, 0) is 28.5 Å². The number of aromatic hydroxyl groups is 3. The molecule has 2 fully saturated rings. The topological polar surface area (TPSA) is 231 Å². The third-order valence-electron chi connectivity index (χ3n) is 10.6. The van der Waals surface area contributed by atoms with Gasteiger partial charge in [-0.05, 0) is 51.1 Å². The Kier molecular flexibility index (Phi) is 9.73. The normalized spacial score (nSPS) is 35.2. The van der Waals surface area contributed by atoms with Crippen LogP contribution in [0.15, 0.2) is 18.2 Å². The van der Waals surface area contributed by atoms with Gasteiger partial charge >= 0.3 is 5.97 Å². The lowest BCUT2D eigenvalue weighted by atomic mass is 9.67. The number of ketones is 2. The molecule has 2 aliphatic carbocycles. The number of phenols is 3. The van der Waals surface area contributed by atoms with Gasteiger partial charge < -0.3 is 59.6 Å². The highest BCUT2D eigenvalue weighted by Crippen LogP contribution is 2.54. The van der Waals surface area contributed by atoms with Gasteiger partial charge in [-0.25, -0.2) is 0 Å². The number of benzene rings is 2. The molecule has 6 rings (SSSR count). The van der Waals surface area contributed by atoms with Crippen molar-refractivity contribution in [2.45, 2.75) is 113 Å². The van der Waals surface area contributed by atoms with Crippen LogP contribution in [0.25, 0.3) is 0 Å². The van der Waals surface area contributed by atoms with Gasteiger partial charge in [-0.3, -0.25) is 14.4 Å². The first kappa shape index (κ1) is 36.1. The number of nitrogens with one attached hydrogen (secondary N) is 1. The van der Waals surface area contributed by atoms with E-state index in [2.05, 4.69) is 5.32 Å². The van der Waals surface area contributed by atoms with Crippen molar-refractivity contribution >= 4 is 17.5 Å². The average Bonchev–Trinajstić information content (AvgIpc) is 3.07. The first-order valence-corrected chi connectivity index (χ1v) is 16.6. The SMILES string of the molecule is CC[C@]1(O)C[C@@H](O[C@H]2C[C@@H](NC)[C@@H](O[C@H]3C[C@@H](O)[C@@H](O)[C@@H](C)O3)[C@@H](C)O2)c2c(cc3c(c2O)C(=O)c2c(O)ccc(O)c2C3=O)[C@@H]1C(=O)OC. The number of methoxy groups -OCH3 is 1. The molecule has 50 heavy (non-hydrogen) atoms. The summed E-state index contributed by atoms with van der Waals surface area (Å²) in [6.45, 7) is 5.05. The summed E-state index contributed by atoms with van der Waals surface area (Å²) in [6, 6.07) is 2.97. The number of aliphatic hydroxyl groups is 3. The largest absolute Gasteiger partial charge is 0.507 e. The molecule has 0 aromatic heterocycles. The molecule has 4 aliphatic rings. The molecular formula is C35H43NO14. The Labute approximate surface area is 287 Å². The summed E-state index contributed by atoms with van der Waals surface area (Å²) in [6.07, 6.45) is -6.85. The second-order valence-electron chi connectivity index (χ2n) is 13.5. The number of hydrogen-bond acceptors (Lipinski definition) is 15. The Bertz CT molecular complexity index is 1680. The molecule has 0 radical (unpaired) electrons. The highest BCUT2D eigenvalue weighted by molar-refractivity contribution is 6.31. The van der Waals surface area contributed by atoms with E-state index in [1.807, 2.05) is 0 Å². The van der Waals surface area contributed by atoms with Crippen molar-refractivity contribution in [2.24, 2.45) is 0 Å². The molecule has 272 valence electrons. The first-order chi connectivity index (χ1) is 23.6. The van der Waals surface area contributed by atoms with E-state index in [1.165, 1.54) is 6.07 Å². The fourth-order valence-corrected chi connectivity index (χ4v) is 7.84. The minimum atomic E-state index is -1.79. The number of likely N-dealkylation sites (N-methyl/N-ethyl adjacent to an activating group) is 1. The quantitative estimate of drug-likeness (QED) is 0.136. The average molecular weight is 702 g/mol. The second kappa shape index (κ2) is 13.5. The van der Waals surface area contributed by atoms with Gasteiger partial charge in [-0.1, -0.05) is 6.92 Å². The standard InChI is InChI=1S/C35H43NO14/c1-6-35(45)12-21(49-22-10-17(36-4)33(14(3)48-22)50-23-11-20(39)29(40)13(2)47-23)24-15(28(35)34(44)46-5)9-16-25(31(24)42)32(43)27-19(38)8-7-18(37)26(27)30(16)41/h7-9,13-14,17,20-23,28-29,33,36-40,42,45H,6,10-12H2,1-5H3/t13-,14-,17-,20-,21-,22+,23+,28-,29+,33+,35+/m1/s1. The Hall–Kier alpha value is -3.67. The van der Waals surface area contributed by atoms with Crippen molar-refractivity contribution in [3.63, 3.8) is 0 Å². The summed E-state index contributed by atoms with van der Waals surface area (Å²) in [5, 5.41) is 68.4. The van der Waals surface area contributed by atoms with Gasteiger partial charge in [-0.2, -0.15) is 0 Å². The molecule has 2 saturated heterocycles. The zero-order valence-corrected chi connectivity index (χ0v) is 28.3. The Morgan fingerprint density at radius 2 is 1.58 bits per heavy atom. The van der Waals surface area contributed by atoms with Gasteiger partial charge in [0.15, 0.2) is 18.4 Å². The summed E-state index contributed by atoms with van der Waals surface area (Å²) in [7, 11) is 2.86. The maximum Gasteiger partial charge on any atom is 0.316 e. The highest BCUT2D eigenvalue weighted by atomic mass is 16.7. The van der Waals surface area contributed by atoms with Crippen molar-refractivity contribution in [2.75, 3.05) is 14.2 Å². The van der Waals surface area contributed by atoms with Gasteiger partial charge in [0.1, 0.15) is 35.4 Å². The van der Waals surface area contributed by atoms with Gasteiger partial charge in [0.25, 0.3) is 0 Å². The minimum Gasteiger partial charge on any atom is -0.507 e. The van der Waals surface area contributed by atoms with Gasteiger partial charge in [-0.15, -0.1) is 0 Å². The smallest absolute Gasteiger partial charge is 0.316 e. The summed E-state index contributed by atoms with van der Waals surface area (Å²) >= 11 is 0. The molecule has 2 aromatic carbocycles. The van der Waals surface area contributed by atoms with Crippen LogP contribution in [0.5, 0.6) is 17.2 Å². The van der Waals surface area contributed by atoms with Crippen LogP contribution in [0.4, 0.5) is 0 Å². The summed E-state index contributed by atoms with van der Waals surface area (Å²) in [5.74, 6) is -5.86. The fraction of sp³-hybridized carbons (Fsp3) is 0.571. The van der Waals surface area contributed by atoms with Crippen LogP contribution in [-0.4, -0.2) is 117 Å². The summed E-state index contributed by atoms with van der Waals surface area (Å²) in [5.41, 5.74) is -3.54. The van der Waals surface area contributed by atoms with Crippen molar-refractivity contribution in [3.05, 3.63) is 51.6 Å². The van der Waals surface area contributed by atoms with Gasteiger partial charge in [0.2, 0.25) is 5.78 Å². The molecule has 15 nitrogen and oxygen atoms in total. The molecule has 0 spiro atoms. The van der Waals surface area contributed by atoms with Crippen LogP contribution in [0.2, 0.25) is 0 Å². The van der Waals surface area contributed by atoms with E-state index in [1.54, 1.807) is 27.8 Å². The van der Waals surface area contributed by atoms with Crippen molar-refractivity contribution in [1.82, 2.24) is 5.32 Å². The number of esters is 1. The van der Waals surface area contributed by atoms with Crippen molar-refractivity contribution in [1.29, 1.82) is 0 Å². The number of aliphatic hydroxyl groups excluding tert-OH is 2. The highest BCUT2D eigenvalue weighted by Gasteiger charge is 2.53. The monoisotopic (exact) mass is 701 g/mol. The zero-order chi connectivity index (χ0) is 36.4. The number of fused-ring (bicyclic) bond motifs is 3. The van der Waals surface area contributed by atoms with Crippen LogP contribution in [0, 0.1) is 0 Å². The Morgan fingerprint density at radius 1 is 0.960 bits per heavy atom. The first-order valence-electron chi connectivity index (χ1n) is 16.6. The van der Waals surface area contributed by atoms with E-state index in [-0.39, 0.29) is 48.4 Å². The lowest BCUT2D eigenvalue weighted by Crippen LogP contribution is -2.57. The van der Waals surface area contributed by atoms with Gasteiger partial charge in [0.05, 0.1) is 53.8 Å². The van der Waals surface area contributed by atoms with Crippen LogP contribution >= 0.6 is 0 Å². The molecule has 0 amide bonds. The number of hydrogen-bond donors (Lipinski definition) is 7. The molecule has 2 aliphatic heterocycles. The maximum atomic E-state index is 13.8. The molecule has 0 unspecified atom stereocenters. The molecule has 0 saturated carbocycles. The Balaban J connectivity index is 1.37. The Morgan fingerprint density at radius 3 is 2.18 bits per heavy atom. The predicted octanol–water partition coefficient (Wildman–Crippen LogP) is 1.40. The minimum absolute atomic E-state index is 0.00232. The van der Waals surface area contributed by atoms with E-state index >= 15 is 0 Å². The number of rotatable bonds is 7. The number of ether oxygens (including phenoxy) is 5. The molecule has 0 bridgehead atoms. The van der Waals surface area contributed by atoms with Crippen LogP contribution in [0.3, 0.4) is 0 Å². The zero-order valence-electron chi connectivity index (χ0n) is 28.3. The maximum absolute atomic E-state index is 13.8. The van der Waals surface area contributed by atoms with E-state index in [0.29, 0.717) is 0 Å². The molecule has 15 heteroatoms. The van der Waals surface area contributed by atoms with Crippen LogP contribution < -0.4 is 5.32 Å². The molecule has 7 N–H and O–H groups in total. The van der Waals surface area contributed by atoms with E-state index in [4.69, 9.17) is 23.7 Å². The lowest BCUT2D eigenvalue weighted by Gasteiger charge is -2.46. The molecule has 11 atom stereocenters. The van der Waals surface area contributed by atoms with E-state index < -0.39 is 112 Å².